The molecule has 1 heterocycles. The van der Waals surface area contributed by atoms with Crippen LogP contribution in [0, 0.1) is 5.39 Å². The van der Waals surface area contributed by atoms with Gasteiger partial charge in [0, 0.05) is 6.42 Å². The van der Waals surface area contributed by atoms with Crippen molar-refractivity contribution in [1.82, 2.24) is 10.2 Å². The van der Waals surface area contributed by atoms with Gasteiger partial charge in [-0.05, 0) is 24.6 Å². The Morgan fingerprint density at radius 3 is 2.21 bits per heavy atom. The Labute approximate surface area is 167 Å². The van der Waals surface area contributed by atoms with E-state index in [0.717, 1.165) is 16.7 Å². The quantitative estimate of drug-likeness (QED) is 0.446. The first-order valence-electron chi connectivity index (χ1n) is 8.98. The lowest BCUT2D eigenvalue weighted by atomic mass is 10.0. The third kappa shape index (κ3) is 3.99. The molecule has 3 amide bonds. The van der Waals surface area contributed by atoms with Gasteiger partial charge in [0.1, 0.15) is 6.04 Å². The molecule has 3 rings (SSSR count). The average Bonchev–Trinajstić information content (AvgIpc) is 2.98. The molecule has 0 fully saturated rings. The van der Waals surface area contributed by atoms with E-state index in [4.69, 9.17) is 5.39 Å². The van der Waals surface area contributed by atoms with Crippen LogP contribution in [-0.4, -0.2) is 39.8 Å². The molecule has 1 aliphatic rings. The molecular weight excluding hydrogens is 372 g/mol. The minimum absolute atomic E-state index is 0.221. The molecule has 0 spiro atoms. The molecule has 0 aliphatic carbocycles. The number of carbonyl (C=O) groups is 3. The number of fused-ring (bicyclic) bond motifs is 1. The van der Waals surface area contributed by atoms with Gasteiger partial charge >= 0.3 is 6.20 Å². The monoisotopic (exact) mass is 391 g/mol. The maximum absolute atomic E-state index is 12.8. The molecule has 2 unspecified atom stereocenters. The summed E-state index contributed by atoms with van der Waals surface area (Å²) in [4.78, 5) is 41.7. The number of diazo groups is 1. The number of aliphatic hydroxyl groups is 1. The molecule has 0 saturated heterocycles. The van der Waals surface area contributed by atoms with Crippen LogP contribution in [0.25, 0.3) is 4.98 Å². The zero-order chi connectivity index (χ0) is 21.0. The Morgan fingerprint density at radius 2 is 1.66 bits per heavy atom. The second kappa shape index (κ2) is 8.35. The lowest BCUT2D eigenvalue weighted by molar-refractivity contribution is -0.125. The summed E-state index contributed by atoms with van der Waals surface area (Å²) < 4.78 is 0. The molecular formula is C21H19N4O4+. The van der Waals surface area contributed by atoms with Crippen molar-refractivity contribution >= 4 is 17.7 Å². The van der Waals surface area contributed by atoms with Crippen LogP contribution in [0.5, 0.6) is 0 Å². The largest absolute Gasteiger partial charge is 0.504 e. The number of hydrogen-bond acceptors (Lipinski definition) is 5. The highest BCUT2D eigenvalue weighted by Gasteiger charge is 2.41. The van der Waals surface area contributed by atoms with Crippen molar-refractivity contribution < 1.29 is 19.5 Å². The predicted molar refractivity (Wildman–Crippen MR) is 104 cm³/mol. The number of nitrogens with zero attached hydrogens (tertiary/aromatic N) is 3. The molecule has 146 valence electrons. The van der Waals surface area contributed by atoms with Gasteiger partial charge in [0.25, 0.3) is 11.8 Å². The molecule has 0 bridgehead atoms. The molecule has 2 N–H and O–H groups in total. The van der Waals surface area contributed by atoms with Crippen molar-refractivity contribution in [2.45, 2.75) is 25.4 Å². The van der Waals surface area contributed by atoms with E-state index < -0.39 is 29.8 Å². The number of nitrogens with one attached hydrogen (secondary N) is 1. The van der Waals surface area contributed by atoms with Gasteiger partial charge in [0.2, 0.25) is 17.1 Å². The molecule has 2 aromatic rings. The Hall–Kier alpha value is -3.99. The van der Waals surface area contributed by atoms with Crippen molar-refractivity contribution in [2.75, 3.05) is 0 Å². The highest BCUT2D eigenvalue weighted by Crippen LogP contribution is 2.24. The topological polar surface area (TPSA) is 115 Å². The van der Waals surface area contributed by atoms with Gasteiger partial charge in [-0.2, -0.15) is 0 Å². The predicted octanol–water partition coefficient (Wildman–Crippen LogP) is 2.65. The van der Waals surface area contributed by atoms with Gasteiger partial charge in [-0.25, -0.2) is 0 Å². The fourth-order valence-electron chi connectivity index (χ4n) is 3.20. The molecule has 0 radical (unpaired) electrons. The maximum Gasteiger partial charge on any atom is 0.389 e. The first-order valence-corrected chi connectivity index (χ1v) is 8.98. The smallest absolute Gasteiger partial charge is 0.389 e. The van der Waals surface area contributed by atoms with Crippen LogP contribution in [0.15, 0.2) is 66.6 Å². The van der Waals surface area contributed by atoms with Gasteiger partial charge < -0.3 is 10.4 Å². The summed E-state index contributed by atoms with van der Waals surface area (Å²) in [6.07, 6.45) is 1.04. The van der Waals surface area contributed by atoms with E-state index in [1.54, 1.807) is 12.1 Å². The van der Waals surface area contributed by atoms with E-state index in [2.05, 4.69) is 10.3 Å². The molecule has 0 saturated carbocycles. The van der Waals surface area contributed by atoms with Crippen LogP contribution in [0.2, 0.25) is 0 Å². The highest BCUT2D eigenvalue weighted by molar-refractivity contribution is 6.22. The molecule has 29 heavy (non-hydrogen) atoms. The van der Waals surface area contributed by atoms with E-state index >= 15 is 0 Å². The van der Waals surface area contributed by atoms with Gasteiger partial charge in [0.15, 0.2) is 4.98 Å². The van der Waals surface area contributed by atoms with Crippen LogP contribution in [0.1, 0.15) is 33.2 Å². The van der Waals surface area contributed by atoms with Crippen molar-refractivity contribution in [3.8, 4) is 0 Å². The number of rotatable bonds is 6. The van der Waals surface area contributed by atoms with Crippen molar-refractivity contribution in [3.05, 3.63) is 88.2 Å². The van der Waals surface area contributed by atoms with Gasteiger partial charge in [-0.15, -0.1) is 0 Å². The third-order valence-electron chi connectivity index (χ3n) is 4.74. The summed E-state index contributed by atoms with van der Waals surface area (Å²) >= 11 is 0. The molecule has 8 nitrogen and oxygen atoms in total. The number of imide groups is 1. The summed E-state index contributed by atoms with van der Waals surface area (Å²) in [6.45, 7) is 1.44. The zero-order valence-corrected chi connectivity index (χ0v) is 15.6. The minimum atomic E-state index is -1.10. The number of hydrogen-bond donors (Lipinski definition) is 2. The summed E-state index contributed by atoms with van der Waals surface area (Å²) in [5, 5.41) is 21.5. The number of aliphatic hydroxyl groups excluding tert-OH is 1. The van der Waals surface area contributed by atoms with E-state index in [1.807, 2.05) is 30.3 Å². The Balaban J connectivity index is 1.79. The Morgan fingerprint density at radius 1 is 1.10 bits per heavy atom. The summed E-state index contributed by atoms with van der Waals surface area (Å²) in [5.74, 6) is -2.08. The average molecular weight is 391 g/mol. The number of benzene rings is 2. The third-order valence-corrected chi connectivity index (χ3v) is 4.74. The standard InChI is InChI=1S/C21H18N4O4/c1-13(25-20(28)15-9-5-6-10-16(15)21(25)29)19(27)24-17(18(26)12-23-22)11-14-7-3-2-4-8-14/h2-10,12-13,17H,11H2,1H3,(H-,24,26,27)/p+1. The second-order valence-electron chi connectivity index (χ2n) is 6.62. The minimum Gasteiger partial charge on any atom is -0.504 e. The van der Waals surface area contributed by atoms with Crippen molar-refractivity contribution in [1.29, 1.82) is 5.39 Å². The SMILES string of the molecule is CC(C(=O)NC(Cc1ccccc1)C(O)=C[N+]#N)N1C(=O)c2ccccc2C1=O. The van der Waals surface area contributed by atoms with Crippen LogP contribution in [0.3, 0.4) is 0 Å². The normalized spacial score (nSPS) is 15.4. The van der Waals surface area contributed by atoms with E-state index in [0.29, 0.717) is 0 Å². The molecule has 1 aliphatic heterocycles. The first-order chi connectivity index (χ1) is 13.9. The summed E-state index contributed by atoms with van der Waals surface area (Å²) in [7, 11) is 0. The Kier molecular flexibility index (Phi) is 5.69. The molecule has 2 aromatic carbocycles. The van der Waals surface area contributed by atoms with Crippen LogP contribution in [0.4, 0.5) is 0 Å². The molecule has 0 aromatic heterocycles. The Bertz CT molecular complexity index is 991. The van der Waals surface area contributed by atoms with Crippen molar-refractivity contribution in [2.24, 2.45) is 0 Å². The van der Waals surface area contributed by atoms with Crippen molar-refractivity contribution in [3.63, 3.8) is 0 Å². The first kappa shape index (κ1) is 19.8. The molecule has 8 heteroatoms. The highest BCUT2D eigenvalue weighted by atomic mass is 16.3. The second-order valence-corrected chi connectivity index (χ2v) is 6.62. The van der Waals surface area contributed by atoms with Crippen LogP contribution >= 0.6 is 0 Å². The lowest BCUT2D eigenvalue weighted by Gasteiger charge is -2.24. The van der Waals surface area contributed by atoms with Crippen LogP contribution in [-0.2, 0) is 11.2 Å². The summed E-state index contributed by atoms with van der Waals surface area (Å²) in [5.41, 5.74) is 1.32. The summed E-state index contributed by atoms with van der Waals surface area (Å²) in [6, 6.07) is 13.5. The van der Waals surface area contributed by atoms with Gasteiger partial charge in [0.05, 0.1) is 17.2 Å². The fourth-order valence-corrected chi connectivity index (χ4v) is 3.20. The van der Waals surface area contributed by atoms with E-state index in [-0.39, 0.29) is 23.3 Å². The molecule has 2 atom stereocenters. The van der Waals surface area contributed by atoms with E-state index in [1.165, 1.54) is 19.1 Å². The van der Waals surface area contributed by atoms with Gasteiger partial charge in [-0.1, -0.05) is 42.5 Å². The van der Waals surface area contributed by atoms with Crippen LogP contribution < -0.4 is 5.32 Å². The maximum atomic E-state index is 12.8. The lowest BCUT2D eigenvalue weighted by Crippen LogP contribution is -2.51. The fraction of sp³-hybridized carbons (Fsp3) is 0.190. The number of carbonyl (C=O) groups excluding carboxylic acids is 3. The van der Waals surface area contributed by atoms with E-state index in [9.17, 15) is 19.5 Å². The zero-order valence-electron chi connectivity index (χ0n) is 15.6. The number of amides is 3. The van der Waals surface area contributed by atoms with Gasteiger partial charge in [-0.3, -0.25) is 19.3 Å².